The maximum absolute atomic E-state index is 13.6. The van der Waals surface area contributed by atoms with Crippen LogP contribution in [-0.2, 0) is 20.3 Å². The van der Waals surface area contributed by atoms with Gasteiger partial charge in [-0.3, -0.25) is 4.21 Å². The highest BCUT2D eigenvalue weighted by atomic mass is 32.2. The second-order valence-corrected chi connectivity index (χ2v) is 9.83. The van der Waals surface area contributed by atoms with Crippen molar-refractivity contribution in [1.29, 1.82) is 0 Å². The van der Waals surface area contributed by atoms with Crippen LogP contribution in [0.1, 0.15) is 51.0 Å². The standard InChI is InChI=1S/C20H24O5S/c1-19(2)12-11-23-14-8-6-7-13(22-3)16(14)15(12)17-18(24-19)25-20(26(17)21)9-4-5-10-20/h6-8,12,15H,4-5,9-11H2,1-3H3/t12-,15-,26?/m0/s1. The van der Waals surface area contributed by atoms with Gasteiger partial charge in [0.2, 0.25) is 0 Å². The SMILES string of the molecule is COc1cccc2c1[C@H]1C3=C(OC(C)(C)[C@H]1CO2)OC1(CCCC1)S3=O. The maximum atomic E-state index is 13.6. The van der Waals surface area contributed by atoms with Gasteiger partial charge in [-0.1, -0.05) is 6.07 Å². The molecule has 1 spiro atoms. The lowest BCUT2D eigenvalue weighted by atomic mass is 9.73. The van der Waals surface area contributed by atoms with Crippen molar-refractivity contribution in [2.24, 2.45) is 5.92 Å². The molecule has 1 saturated carbocycles. The molecule has 1 unspecified atom stereocenters. The van der Waals surface area contributed by atoms with E-state index >= 15 is 0 Å². The van der Waals surface area contributed by atoms with E-state index in [0.29, 0.717) is 12.6 Å². The fraction of sp³-hybridized carbons (Fsp3) is 0.600. The highest BCUT2D eigenvalue weighted by Crippen LogP contribution is 2.60. The number of hydrogen-bond donors (Lipinski definition) is 0. The Balaban J connectivity index is 1.70. The van der Waals surface area contributed by atoms with Gasteiger partial charge in [0.15, 0.2) is 4.93 Å². The van der Waals surface area contributed by atoms with E-state index in [0.717, 1.165) is 47.7 Å². The van der Waals surface area contributed by atoms with Gasteiger partial charge in [0.05, 0.1) is 13.7 Å². The minimum atomic E-state index is -1.22. The Hall–Kier alpha value is -1.69. The fourth-order valence-electron chi connectivity index (χ4n) is 4.89. The van der Waals surface area contributed by atoms with Gasteiger partial charge in [0.1, 0.15) is 32.8 Å². The van der Waals surface area contributed by atoms with Crippen molar-refractivity contribution in [3.05, 3.63) is 34.6 Å². The first-order chi connectivity index (χ1) is 12.5. The molecule has 0 N–H and O–H groups in total. The Morgan fingerprint density at radius 1 is 1.19 bits per heavy atom. The van der Waals surface area contributed by atoms with Gasteiger partial charge in [-0.2, -0.15) is 0 Å². The summed E-state index contributed by atoms with van der Waals surface area (Å²) in [5.74, 6) is 2.03. The van der Waals surface area contributed by atoms with E-state index in [1.165, 1.54) is 0 Å². The van der Waals surface area contributed by atoms with E-state index in [1.807, 2.05) is 18.2 Å². The average Bonchev–Trinajstić information content (AvgIpc) is 3.19. The highest BCUT2D eigenvalue weighted by Gasteiger charge is 2.60. The Morgan fingerprint density at radius 3 is 2.69 bits per heavy atom. The summed E-state index contributed by atoms with van der Waals surface area (Å²) in [6.07, 6.45) is 3.74. The number of hydrogen-bond acceptors (Lipinski definition) is 5. The Morgan fingerprint density at radius 2 is 1.96 bits per heavy atom. The molecule has 6 heteroatoms. The maximum Gasteiger partial charge on any atom is 0.294 e. The molecule has 1 aliphatic carbocycles. The van der Waals surface area contributed by atoms with E-state index in [9.17, 15) is 4.21 Å². The first kappa shape index (κ1) is 16.5. The van der Waals surface area contributed by atoms with Gasteiger partial charge in [0, 0.05) is 17.4 Å². The van der Waals surface area contributed by atoms with Gasteiger partial charge in [-0.15, -0.1) is 0 Å². The van der Waals surface area contributed by atoms with Crippen molar-refractivity contribution >= 4 is 10.8 Å². The lowest BCUT2D eigenvalue weighted by molar-refractivity contribution is -0.128. The Labute approximate surface area is 156 Å². The number of allylic oxidation sites excluding steroid dienone is 1. The summed E-state index contributed by atoms with van der Waals surface area (Å²) in [6.45, 7) is 4.65. The predicted molar refractivity (Wildman–Crippen MR) is 97.3 cm³/mol. The summed E-state index contributed by atoms with van der Waals surface area (Å²) < 4.78 is 37.8. The molecule has 0 radical (unpaired) electrons. The van der Waals surface area contributed by atoms with Crippen molar-refractivity contribution in [3.63, 3.8) is 0 Å². The van der Waals surface area contributed by atoms with Crippen LogP contribution in [0, 0.1) is 5.92 Å². The van der Waals surface area contributed by atoms with Crippen LogP contribution in [0.15, 0.2) is 29.0 Å². The van der Waals surface area contributed by atoms with E-state index in [-0.39, 0.29) is 11.8 Å². The number of benzene rings is 1. The number of fused-ring (bicyclic) bond motifs is 4. The number of ether oxygens (including phenoxy) is 4. The minimum Gasteiger partial charge on any atom is -0.496 e. The lowest BCUT2D eigenvalue weighted by Gasteiger charge is -2.45. The molecule has 0 aromatic heterocycles. The van der Waals surface area contributed by atoms with Gasteiger partial charge in [-0.25, -0.2) is 0 Å². The van der Waals surface area contributed by atoms with Crippen LogP contribution in [0.25, 0.3) is 0 Å². The topological polar surface area (TPSA) is 54.0 Å². The zero-order valence-corrected chi connectivity index (χ0v) is 16.2. The summed E-state index contributed by atoms with van der Waals surface area (Å²) in [6, 6.07) is 5.83. The van der Waals surface area contributed by atoms with Gasteiger partial charge in [-0.05, 0) is 51.7 Å². The summed E-state index contributed by atoms with van der Waals surface area (Å²) in [5.41, 5.74) is 0.498. The third-order valence-corrected chi connectivity index (χ3v) is 8.28. The van der Waals surface area contributed by atoms with Crippen LogP contribution < -0.4 is 9.47 Å². The predicted octanol–water partition coefficient (Wildman–Crippen LogP) is 3.81. The number of methoxy groups -OCH3 is 1. The van der Waals surface area contributed by atoms with Crippen molar-refractivity contribution in [2.75, 3.05) is 13.7 Å². The molecule has 4 aliphatic rings. The van der Waals surface area contributed by atoms with E-state index in [2.05, 4.69) is 13.8 Å². The average molecular weight is 376 g/mol. The highest BCUT2D eigenvalue weighted by molar-refractivity contribution is 7.90. The minimum absolute atomic E-state index is 0.0501. The largest absolute Gasteiger partial charge is 0.496 e. The smallest absolute Gasteiger partial charge is 0.294 e. The van der Waals surface area contributed by atoms with Crippen molar-refractivity contribution in [1.82, 2.24) is 0 Å². The Bertz CT molecular complexity index is 807. The van der Waals surface area contributed by atoms with Crippen LogP contribution in [0.3, 0.4) is 0 Å². The summed E-state index contributed by atoms with van der Waals surface area (Å²) >= 11 is 0. The van der Waals surface area contributed by atoms with Crippen LogP contribution >= 0.6 is 0 Å². The molecule has 3 aliphatic heterocycles. The monoisotopic (exact) mass is 376 g/mol. The molecule has 1 aromatic carbocycles. The van der Waals surface area contributed by atoms with Crippen molar-refractivity contribution < 1.29 is 23.2 Å². The fourth-order valence-corrected chi connectivity index (χ4v) is 6.85. The summed E-state index contributed by atoms with van der Waals surface area (Å²) in [7, 11) is 0.445. The van der Waals surface area contributed by atoms with E-state index in [4.69, 9.17) is 18.9 Å². The molecule has 5 nitrogen and oxygen atoms in total. The van der Waals surface area contributed by atoms with Crippen LogP contribution in [0.2, 0.25) is 0 Å². The molecule has 0 bridgehead atoms. The zero-order valence-electron chi connectivity index (χ0n) is 15.4. The lowest BCUT2D eigenvalue weighted by Crippen LogP contribution is -2.47. The third kappa shape index (κ3) is 2.05. The van der Waals surface area contributed by atoms with Gasteiger partial charge < -0.3 is 18.9 Å². The molecule has 5 rings (SSSR count). The molecule has 3 atom stereocenters. The molecule has 0 saturated heterocycles. The van der Waals surface area contributed by atoms with Crippen molar-refractivity contribution in [2.45, 2.75) is 56.0 Å². The zero-order chi connectivity index (χ0) is 18.1. The van der Waals surface area contributed by atoms with Gasteiger partial charge in [0.25, 0.3) is 5.95 Å². The molecule has 3 heterocycles. The van der Waals surface area contributed by atoms with Gasteiger partial charge >= 0.3 is 0 Å². The molecule has 26 heavy (non-hydrogen) atoms. The normalized spacial score (nSPS) is 32.8. The second-order valence-electron chi connectivity index (χ2n) is 8.11. The van der Waals surface area contributed by atoms with Crippen molar-refractivity contribution in [3.8, 4) is 11.5 Å². The molecular weight excluding hydrogens is 352 g/mol. The van der Waals surface area contributed by atoms with E-state index < -0.39 is 21.3 Å². The van der Waals surface area contributed by atoms with Crippen LogP contribution in [-0.4, -0.2) is 28.5 Å². The molecule has 1 fully saturated rings. The summed E-state index contributed by atoms with van der Waals surface area (Å²) in [4.78, 5) is 0.195. The molecule has 0 amide bonds. The Kier molecular flexibility index (Phi) is 3.43. The number of rotatable bonds is 1. The third-order valence-electron chi connectivity index (χ3n) is 6.29. The molecule has 140 valence electrons. The van der Waals surface area contributed by atoms with Crippen LogP contribution in [0.5, 0.6) is 11.5 Å². The molecular formula is C20H24O5S. The second kappa shape index (κ2) is 5.41. The summed E-state index contributed by atoms with van der Waals surface area (Å²) in [5, 5.41) is 0. The first-order valence-corrected chi connectivity index (χ1v) is 10.5. The quantitative estimate of drug-likeness (QED) is 0.746. The molecule has 1 aromatic rings. The first-order valence-electron chi connectivity index (χ1n) is 9.31. The van der Waals surface area contributed by atoms with Crippen LogP contribution in [0.4, 0.5) is 0 Å². The van der Waals surface area contributed by atoms with E-state index in [1.54, 1.807) is 7.11 Å².